The van der Waals surface area contributed by atoms with Gasteiger partial charge >= 0.3 is 12.0 Å². The third-order valence-corrected chi connectivity index (χ3v) is 2.88. The molecule has 1 unspecified atom stereocenters. The van der Waals surface area contributed by atoms with Crippen LogP contribution >= 0.6 is 11.3 Å². The number of carbonyl (C=O) groups excluding carboxylic acids is 1. The van der Waals surface area contributed by atoms with Gasteiger partial charge in [-0.2, -0.15) is 0 Å². The molecule has 94 valence electrons. The summed E-state index contributed by atoms with van der Waals surface area (Å²) in [5.41, 5.74) is 0. The summed E-state index contributed by atoms with van der Waals surface area (Å²) in [7, 11) is 0. The molecule has 0 saturated carbocycles. The fraction of sp³-hybridized carbons (Fsp3) is 0.500. The van der Waals surface area contributed by atoms with Crippen molar-refractivity contribution in [2.45, 2.75) is 26.4 Å². The van der Waals surface area contributed by atoms with Gasteiger partial charge in [0.1, 0.15) is 11.0 Å². The average Bonchev–Trinajstić information content (AvgIpc) is 2.74. The number of carbonyl (C=O) groups is 2. The molecule has 6 nitrogen and oxygen atoms in total. The van der Waals surface area contributed by atoms with Crippen molar-refractivity contribution in [1.29, 1.82) is 0 Å². The molecular formula is C10H15N3O3S. The summed E-state index contributed by atoms with van der Waals surface area (Å²) in [5, 5.41) is 16.4. The molecule has 0 aliphatic heterocycles. The molecule has 1 atom stereocenters. The zero-order valence-corrected chi connectivity index (χ0v) is 10.5. The van der Waals surface area contributed by atoms with E-state index >= 15 is 0 Å². The zero-order chi connectivity index (χ0) is 12.8. The summed E-state index contributed by atoms with van der Waals surface area (Å²) >= 11 is 1.43. The summed E-state index contributed by atoms with van der Waals surface area (Å²) in [4.78, 5) is 26.3. The van der Waals surface area contributed by atoms with E-state index in [1.165, 1.54) is 11.3 Å². The molecule has 7 heteroatoms. The molecule has 0 saturated heterocycles. The number of carboxylic acid groups (broad SMARTS) is 1. The SMILES string of the molecule is CC(C)C(NC(=O)NCc1nccs1)C(=O)O. The second-order valence-electron chi connectivity index (χ2n) is 3.81. The summed E-state index contributed by atoms with van der Waals surface area (Å²) in [6.45, 7) is 3.77. The lowest BCUT2D eigenvalue weighted by Gasteiger charge is -2.17. The predicted molar refractivity (Wildman–Crippen MR) is 63.7 cm³/mol. The Balaban J connectivity index is 2.40. The van der Waals surface area contributed by atoms with Crippen LogP contribution in [0.2, 0.25) is 0 Å². The van der Waals surface area contributed by atoms with Crippen LogP contribution in [0.15, 0.2) is 11.6 Å². The molecular weight excluding hydrogens is 242 g/mol. The van der Waals surface area contributed by atoms with Crippen LogP contribution in [0, 0.1) is 5.92 Å². The lowest BCUT2D eigenvalue weighted by molar-refractivity contribution is -0.140. The smallest absolute Gasteiger partial charge is 0.326 e. The van der Waals surface area contributed by atoms with Crippen LogP contribution in [-0.2, 0) is 11.3 Å². The lowest BCUT2D eigenvalue weighted by atomic mass is 10.1. The highest BCUT2D eigenvalue weighted by Crippen LogP contribution is 2.03. The molecule has 0 fully saturated rings. The van der Waals surface area contributed by atoms with Gasteiger partial charge in [-0.1, -0.05) is 13.8 Å². The maximum Gasteiger partial charge on any atom is 0.326 e. The minimum Gasteiger partial charge on any atom is -0.480 e. The van der Waals surface area contributed by atoms with Crippen molar-refractivity contribution >= 4 is 23.3 Å². The minimum absolute atomic E-state index is 0.168. The molecule has 0 aliphatic carbocycles. The summed E-state index contributed by atoms with van der Waals surface area (Å²) in [5.74, 6) is -1.21. The molecule has 0 spiro atoms. The molecule has 0 aromatic carbocycles. The third kappa shape index (κ3) is 4.39. The largest absolute Gasteiger partial charge is 0.480 e. The van der Waals surface area contributed by atoms with Gasteiger partial charge < -0.3 is 15.7 Å². The highest BCUT2D eigenvalue weighted by Gasteiger charge is 2.23. The topological polar surface area (TPSA) is 91.3 Å². The monoisotopic (exact) mass is 257 g/mol. The Morgan fingerprint density at radius 2 is 2.24 bits per heavy atom. The van der Waals surface area contributed by atoms with Crippen molar-refractivity contribution in [3.05, 3.63) is 16.6 Å². The standard InChI is InChI=1S/C10H15N3O3S/c1-6(2)8(9(14)15)13-10(16)12-5-7-11-3-4-17-7/h3-4,6,8H,5H2,1-2H3,(H,14,15)(H2,12,13,16). The van der Waals surface area contributed by atoms with E-state index in [9.17, 15) is 9.59 Å². The maximum atomic E-state index is 11.4. The van der Waals surface area contributed by atoms with Crippen LogP contribution in [0.4, 0.5) is 4.79 Å². The van der Waals surface area contributed by atoms with Gasteiger partial charge in [0.15, 0.2) is 0 Å². The number of carboxylic acids is 1. The Kier molecular flexibility index (Phi) is 4.89. The first-order valence-electron chi connectivity index (χ1n) is 5.16. The van der Waals surface area contributed by atoms with Crippen LogP contribution in [-0.4, -0.2) is 28.1 Å². The first-order valence-corrected chi connectivity index (χ1v) is 6.04. The van der Waals surface area contributed by atoms with E-state index in [-0.39, 0.29) is 5.92 Å². The highest BCUT2D eigenvalue weighted by atomic mass is 32.1. The van der Waals surface area contributed by atoms with Gasteiger partial charge in [0.25, 0.3) is 0 Å². The van der Waals surface area contributed by atoms with Gasteiger partial charge in [0.05, 0.1) is 6.54 Å². The summed E-state index contributed by atoms with van der Waals surface area (Å²) in [6.07, 6.45) is 1.65. The summed E-state index contributed by atoms with van der Waals surface area (Å²) in [6, 6.07) is -1.38. The van der Waals surface area contributed by atoms with Crippen molar-refractivity contribution in [3.8, 4) is 0 Å². The quantitative estimate of drug-likeness (QED) is 0.735. The van der Waals surface area contributed by atoms with Gasteiger partial charge in [0, 0.05) is 11.6 Å². The number of thiazole rings is 1. The van der Waals surface area contributed by atoms with Crippen LogP contribution < -0.4 is 10.6 Å². The number of rotatable bonds is 5. The number of amides is 2. The Labute approximate surface area is 103 Å². The molecule has 1 heterocycles. The second kappa shape index (κ2) is 6.19. The average molecular weight is 257 g/mol. The maximum absolute atomic E-state index is 11.4. The van der Waals surface area contributed by atoms with Crippen molar-refractivity contribution < 1.29 is 14.7 Å². The van der Waals surface area contributed by atoms with Gasteiger partial charge in [-0.05, 0) is 5.92 Å². The fourth-order valence-electron chi connectivity index (χ4n) is 1.20. The number of aliphatic carboxylic acids is 1. The number of aromatic nitrogens is 1. The third-order valence-electron chi connectivity index (χ3n) is 2.10. The summed E-state index contributed by atoms with van der Waals surface area (Å²) < 4.78 is 0. The Hall–Kier alpha value is -1.63. The molecule has 0 radical (unpaired) electrons. The fourth-order valence-corrected chi connectivity index (χ4v) is 1.76. The normalized spacial score (nSPS) is 12.2. The first kappa shape index (κ1) is 13.4. The van der Waals surface area contributed by atoms with E-state index in [1.807, 2.05) is 5.38 Å². The molecule has 0 bridgehead atoms. The molecule has 1 rings (SSSR count). The van der Waals surface area contributed by atoms with Crippen molar-refractivity contribution in [1.82, 2.24) is 15.6 Å². The van der Waals surface area contributed by atoms with Crippen molar-refractivity contribution in [2.24, 2.45) is 5.92 Å². The number of nitrogens with zero attached hydrogens (tertiary/aromatic N) is 1. The Bertz CT molecular complexity index is 378. The number of hydrogen-bond donors (Lipinski definition) is 3. The van der Waals surface area contributed by atoms with Crippen LogP contribution in [0.5, 0.6) is 0 Å². The van der Waals surface area contributed by atoms with Gasteiger partial charge in [-0.3, -0.25) is 0 Å². The number of nitrogens with one attached hydrogen (secondary N) is 2. The predicted octanol–water partition coefficient (Wildman–Crippen LogP) is 1.05. The second-order valence-corrected chi connectivity index (χ2v) is 4.79. The molecule has 1 aromatic rings. The van der Waals surface area contributed by atoms with Gasteiger partial charge in [-0.15, -0.1) is 11.3 Å². The zero-order valence-electron chi connectivity index (χ0n) is 9.64. The number of urea groups is 1. The molecule has 3 N–H and O–H groups in total. The Morgan fingerprint density at radius 1 is 1.53 bits per heavy atom. The number of hydrogen-bond acceptors (Lipinski definition) is 4. The van der Waals surface area contributed by atoms with E-state index in [1.54, 1.807) is 20.0 Å². The van der Waals surface area contributed by atoms with E-state index in [0.29, 0.717) is 6.54 Å². The van der Waals surface area contributed by atoms with E-state index in [0.717, 1.165) is 5.01 Å². The van der Waals surface area contributed by atoms with Crippen LogP contribution in [0.1, 0.15) is 18.9 Å². The minimum atomic E-state index is -1.04. The highest BCUT2D eigenvalue weighted by molar-refractivity contribution is 7.09. The molecule has 0 aliphatic rings. The molecule has 1 aromatic heterocycles. The van der Waals surface area contributed by atoms with Crippen molar-refractivity contribution in [2.75, 3.05) is 0 Å². The van der Waals surface area contributed by atoms with Crippen LogP contribution in [0.25, 0.3) is 0 Å². The van der Waals surface area contributed by atoms with E-state index in [2.05, 4.69) is 15.6 Å². The van der Waals surface area contributed by atoms with Crippen LogP contribution in [0.3, 0.4) is 0 Å². The van der Waals surface area contributed by atoms with Crippen molar-refractivity contribution in [3.63, 3.8) is 0 Å². The Morgan fingerprint density at radius 3 is 2.71 bits per heavy atom. The van der Waals surface area contributed by atoms with Gasteiger partial charge in [-0.25, -0.2) is 14.6 Å². The molecule has 17 heavy (non-hydrogen) atoms. The van der Waals surface area contributed by atoms with Gasteiger partial charge in [0.2, 0.25) is 0 Å². The lowest BCUT2D eigenvalue weighted by Crippen LogP contribution is -2.48. The van der Waals surface area contributed by atoms with E-state index in [4.69, 9.17) is 5.11 Å². The first-order chi connectivity index (χ1) is 8.00. The molecule has 2 amide bonds. The van der Waals surface area contributed by atoms with E-state index < -0.39 is 18.0 Å².